The molecule has 2 aromatic rings. The Morgan fingerprint density at radius 1 is 1.25 bits per heavy atom. The summed E-state index contributed by atoms with van der Waals surface area (Å²) in [5.41, 5.74) is 1.19. The fourth-order valence-corrected chi connectivity index (χ4v) is 4.34. The first-order valence-electron chi connectivity index (χ1n) is 8.70. The summed E-state index contributed by atoms with van der Waals surface area (Å²) in [4.78, 5) is 2.36. The van der Waals surface area contributed by atoms with E-state index in [0.29, 0.717) is 6.10 Å². The Bertz CT molecular complexity index is 672. The lowest BCUT2D eigenvalue weighted by molar-refractivity contribution is 0.0952. The first kappa shape index (κ1) is 16.0. The van der Waals surface area contributed by atoms with Crippen LogP contribution < -0.4 is 4.90 Å². The van der Waals surface area contributed by atoms with Gasteiger partial charge in [0.15, 0.2) is 5.16 Å². The van der Waals surface area contributed by atoms with Crippen LogP contribution in [0.3, 0.4) is 0 Å². The van der Waals surface area contributed by atoms with E-state index in [1.54, 1.807) is 11.8 Å². The standard InChI is InChI=1S/C16H24N6OS/c1-20-13(6-7-17-20)12-24-16-19-18-15(21-8-2-3-9-21)22(16)11-14-5-4-10-23-14/h6-7,14H,2-5,8-12H2,1H3/t14-/m1/s1. The largest absolute Gasteiger partial charge is 0.376 e. The van der Waals surface area contributed by atoms with Gasteiger partial charge in [0, 0.05) is 44.4 Å². The van der Waals surface area contributed by atoms with Gasteiger partial charge in [0.05, 0.1) is 12.6 Å². The SMILES string of the molecule is Cn1nccc1CSc1nnc(N2CCCC2)n1C[C@H]1CCCO1. The molecule has 0 spiro atoms. The first-order valence-corrected chi connectivity index (χ1v) is 9.69. The number of rotatable bonds is 6. The lowest BCUT2D eigenvalue weighted by atomic mass is 10.2. The highest BCUT2D eigenvalue weighted by atomic mass is 32.2. The molecule has 0 radical (unpaired) electrons. The van der Waals surface area contributed by atoms with E-state index in [-0.39, 0.29) is 0 Å². The van der Waals surface area contributed by atoms with Crippen LogP contribution in [-0.4, -0.2) is 50.3 Å². The molecule has 0 unspecified atom stereocenters. The quantitative estimate of drug-likeness (QED) is 0.745. The molecule has 4 heterocycles. The van der Waals surface area contributed by atoms with E-state index in [4.69, 9.17) is 4.74 Å². The molecular weight excluding hydrogens is 324 g/mol. The van der Waals surface area contributed by atoms with E-state index in [2.05, 4.69) is 30.8 Å². The highest BCUT2D eigenvalue weighted by Gasteiger charge is 2.25. The molecule has 2 saturated heterocycles. The van der Waals surface area contributed by atoms with Crippen LogP contribution in [0.1, 0.15) is 31.4 Å². The Morgan fingerprint density at radius 3 is 2.83 bits per heavy atom. The zero-order valence-electron chi connectivity index (χ0n) is 14.1. The van der Waals surface area contributed by atoms with Gasteiger partial charge >= 0.3 is 0 Å². The van der Waals surface area contributed by atoms with Crippen LogP contribution in [0.25, 0.3) is 0 Å². The topological polar surface area (TPSA) is 61.0 Å². The zero-order chi connectivity index (χ0) is 16.4. The average molecular weight is 348 g/mol. The number of hydrogen-bond donors (Lipinski definition) is 0. The van der Waals surface area contributed by atoms with Crippen molar-refractivity contribution in [3.8, 4) is 0 Å². The molecule has 2 fully saturated rings. The third-order valence-electron chi connectivity index (χ3n) is 4.77. The molecule has 2 aromatic heterocycles. The predicted molar refractivity (Wildman–Crippen MR) is 93.2 cm³/mol. The lowest BCUT2D eigenvalue weighted by Crippen LogP contribution is -2.25. The van der Waals surface area contributed by atoms with Gasteiger partial charge in [-0.15, -0.1) is 10.2 Å². The second-order valence-corrected chi connectivity index (χ2v) is 7.40. The van der Waals surface area contributed by atoms with E-state index in [0.717, 1.165) is 55.9 Å². The van der Waals surface area contributed by atoms with Crippen LogP contribution >= 0.6 is 11.8 Å². The molecule has 0 amide bonds. The minimum Gasteiger partial charge on any atom is -0.376 e. The molecule has 7 nitrogen and oxygen atoms in total. The number of thioether (sulfide) groups is 1. The third-order valence-corrected chi connectivity index (χ3v) is 5.77. The summed E-state index contributed by atoms with van der Waals surface area (Å²) in [7, 11) is 1.97. The van der Waals surface area contributed by atoms with Gasteiger partial charge in [0.25, 0.3) is 0 Å². The molecule has 4 rings (SSSR count). The summed E-state index contributed by atoms with van der Waals surface area (Å²) < 4.78 is 10.0. The first-order chi connectivity index (χ1) is 11.8. The summed E-state index contributed by atoms with van der Waals surface area (Å²) >= 11 is 1.73. The van der Waals surface area contributed by atoms with Crippen molar-refractivity contribution in [2.75, 3.05) is 24.6 Å². The number of ether oxygens (including phenoxy) is 1. The second-order valence-electron chi connectivity index (χ2n) is 6.46. The van der Waals surface area contributed by atoms with Gasteiger partial charge in [-0.25, -0.2) is 0 Å². The Morgan fingerprint density at radius 2 is 2.12 bits per heavy atom. The maximum Gasteiger partial charge on any atom is 0.228 e. The van der Waals surface area contributed by atoms with Gasteiger partial charge in [-0.2, -0.15) is 5.10 Å². The molecular formula is C16H24N6OS. The van der Waals surface area contributed by atoms with Crippen molar-refractivity contribution in [1.82, 2.24) is 24.5 Å². The Balaban J connectivity index is 1.54. The molecule has 0 aromatic carbocycles. The number of anilines is 1. The summed E-state index contributed by atoms with van der Waals surface area (Å²) in [6, 6.07) is 2.05. The molecule has 0 saturated carbocycles. The van der Waals surface area contributed by atoms with E-state index < -0.39 is 0 Å². The fourth-order valence-electron chi connectivity index (χ4n) is 3.37. The van der Waals surface area contributed by atoms with Crippen LogP contribution in [-0.2, 0) is 24.1 Å². The van der Waals surface area contributed by atoms with Crippen molar-refractivity contribution >= 4 is 17.7 Å². The third kappa shape index (κ3) is 3.30. The maximum atomic E-state index is 5.85. The molecule has 0 aliphatic carbocycles. The Hall–Kier alpha value is -1.54. The average Bonchev–Trinajstić information content (AvgIpc) is 3.34. The van der Waals surface area contributed by atoms with Gasteiger partial charge in [-0.1, -0.05) is 11.8 Å². The minimum absolute atomic E-state index is 0.290. The van der Waals surface area contributed by atoms with E-state index in [1.165, 1.54) is 18.5 Å². The van der Waals surface area contributed by atoms with Crippen LogP contribution in [0.15, 0.2) is 17.4 Å². The molecule has 24 heavy (non-hydrogen) atoms. The molecule has 1 atom stereocenters. The van der Waals surface area contributed by atoms with Crippen LogP contribution in [0.4, 0.5) is 5.95 Å². The molecule has 8 heteroatoms. The van der Waals surface area contributed by atoms with E-state index >= 15 is 0 Å². The molecule has 0 bridgehead atoms. The van der Waals surface area contributed by atoms with E-state index in [9.17, 15) is 0 Å². The summed E-state index contributed by atoms with van der Waals surface area (Å²) in [6.45, 7) is 3.89. The van der Waals surface area contributed by atoms with Gasteiger partial charge in [-0.3, -0.25) is 9.25 Å². The smallest absolute Gasteiger partial charge is 0.228 e. The van der Waals surface area contributed by atoms with Gasteiger partial charge in [-0.05, 0) is 31.7 Å². The number of aryl methyl sites for hydroxylation is 1. The van der Waals surface area contributed by atoms with Crippen molar-refractivity contribution in [3.05, 3.63) is 18.0 Å². The predicted octanol–water partition coefficient (Wildman–Crippen LogP) is 2.08. The van der Waals surface area contributed by atoms with Crippen molar-refractivity contribution in [2.24, 2.45) is 7.05 Å². The van der Waals surface area contributed by atoms with Crippen molar-refractivity contribution < 1.29 is 4.74 Å². The van der Waals surface area contributed by atoms with Gasteiger partial charge in [0.1, 0.15) is 0 Å². The molecule has 130 valence electrons. The number of nitrogens with zero attached hydrogens (tertiary/aromatic N) is 6. The van der Waals surface area contributed by atoms with Crippen LogP contribution in [0.5, 0.6) is 0 Å². The molecule has 2 aliphatic heterocycles. The van der Waals surface area contributed by atoms with Crippen molar-refractivity contribution in [1.29, 1.82) is 0 Å². The Kier molecular flexibility index (Phi) is 4.75. The minimum atomic E-state index is 0.290. The highest BCUT2D eigenvalue weighted by molar-refractivity contribution is 7.98. The van der Waals surface area contributed by atoms with Crippen molar-refractivity contribution in [2.45, 2.75) is 49.2 Å². The molecule has 2 aliphatic rings. The normalized spacial score (nSPS) is 21.0. The molecule has 0 N–H and O–H groups in total. The summed E-state index contributed by atoms with van der Waals surface area (Å²) in [5, 5.41) is 14.2. The van der Waals surface area contributed by atoms with Crippen LogP contribution in [0, 0.1) is 0 Å². The lowest BCUT2D eigenvalue weighted by Gasteiger charge is -2.20. The number of aromatic nitrogens is 5. The monoisotopic (exact) mass is 348 g/mol. The summed E-state index contributed by atoms with van der Waals surface area (Å²) in [6.07, 6.45) is 6.89. The van der Waals surface area contributed by atoms with E-state index in [1.807, 2.05) is 17.9 Å². The van der Waals surface area contributed by atoms with Gasteiger partial charge in [0.2, 0.25) is 5.95 Å². The second kappa shape index (κ2) is 7.14. The van der Waals surface area contributed by atoms with Crippen LogP contribution in [0.2, 0.25) is 0 Å². The van der Waals surface area contributed by atoms with Gasteiger partial charge < -0.3 is 9.64 Å². The van der Waals surface area contributed by atoms with Crippen molar-refractivity contribution in [3.63, 3.8) is 0 Å². The maximum absolute atomic E-state index is 5.85. The zero-order valence-corrected chi connectivity index (χ0v) is 14.9. The Labute approximate surface area is 146 Å². The fraction of sp³-hybridized carbons (Fsp3) is 0.688. The summed E-state index contributed by atoms with van der Waals surface area (Å²) in [5.74, 6) is 1.86. The highest BCUT2D eigenvalue weighted by Crippen LogP contribution is 2.28. The number of hydrogen-bond acceptors (Lipinski definition) is 6.